The number of ether oxygens (including phenoxy) is 1. The van der Waals surface area contributed by atoms with Gasteiger partial charge >= 0.3 is 0 Å². The number of fused-ring (bicyclic) bond motifs is 1. The van der Waals surface area contributed by atoms with Gasteiger partial charge < -0.3 is 24.8 Å². The van der Waals surface area contributed by atoms with Gasteiger partial charge in [-0.3, -0.25) is 9.69 Å². The van der Waals surface area contributed by atoms with Gasteiger partial charge in [0.05, 0.1) is 12.8 Å². The number of anilines is 4. The zero-order chi connectivity index (χ0) is 25.6. The molecule has 5 rings (SSSR count). The minimum Gasteiger partial charge on any atom is -0.383 e. The number of nitrogens with one attached hydrogen (secondary N) is 2. The number of carbonyl (C=O) groups is 1. The molecule has 2 aromatic heterocycles. The molecule has 1 aliphatic rings. The van der Waals surface area contributed by atoms with E-state index in [0.717, 1.165) is 50.6 Å². The van der Waals surface area contributed by atoms with Crippen LogP contribution in [0.5, 0.6) is 0 Å². The van der Waals surface area contributed by atoms with Crippen molar-refractivity contribution in [1.82, 2.24) is 20.0 Å². The molecule has 1 saturated heterocycles. The molecule has 2 aromatic carbocycles. The average Bonchev–Trinajstić information content (AvgIpc) is 3.36. The first-order valence-electron chi connectivity index (χ1n) is 12.1. The maximum absolute atomic E-state index is 11.7. The zero-order valence-electron chi connectivity index (χ0n) is 20.7. The lowest BCUT2D eigenvalue weighted by molar-refractivity contribution is -0.111. The molecule has 0 aliphatic carbocycles. The van der Waals surface area contributed by atoms with Crippen LogP contribution in [-0.2, 0) is 9.53 Å². The van der Waals surface area contributed by atoms with Crippen molar-refractivity contribution in [2.24, 2.45) is 0 Å². The van der Waals surface area contributed by atoms with Crippen LogP contribution in [0.1, 0.15) is 0 Å². The first-order chi connectivity index (χ1) is 18.1. The number of hydrogen-bond acceptors (Lipinski definition) is 9. The molecule has 0 spiro atoms. The van der Waals surface area contributed by atoms with Gasteiger partial charge in [0.2, 0.25) is 11.9 Å². The summed E-state index contributed by atoms with van der Waals surface area (Å²) in [6, 6.07) is 15.6. The van der Waals surface area contributed by atoms with Crippen LogP contribution in [0.4, 0.5) is 23.0 Å². The average molecular weight is 500 g/mol. The molecule has 1 fully saturated rings. The molecule has 190 valence electrons. The van der Waals surface area contributed by atoms with Crippen LogP contribution in [0.15, 0.2) is 71.9 Å². The van der Waals surface area contributed by atoms with Gasteiger partial charge in [0, 0.05) is 62.5 Å². The van der Waals surface area contributed by atoms with Gasteiger partial charge in [-0.25, -0.2) is 9.97 Å². The van der Waals surface area contributed by atoms with E-state index in [0.29, 0.717) is 28.4 Å². The Morgan fingerprint density at radius 2 is 1.95 bits per heavy atom. The van der Waals surface area contributed by atoms with Crippen molar-refractivity contribution in [2.45, 2.75) is 0 Å². The number of nitrogens with zero attached hydrogens (tertiary/aromatic N) is 5. The van der Waals surface area contributed by atoms with Crippen molar-refractivity contribution in [1.29, 1.82) is 0 Å². The molecular weight excluding hydrogens is 470 g/mol. The van der Waals surface area contributed by atoms with E-state index in [4.69, 9.17) is 9.26 Å². The molecule has 2 N–H and O–H groups in total. The summed E-state index contributed by atoms with van der Waals surface area (Å²) >= 11 is 0. The lowest BCUT2D eigenvalue weighted by Gasteiger charge is -2.36. The van der Waals surface area contributed by atoms with Crippen molar-refractivity contribution in [3.05, 3.63) is 67.4 Å². The molecule has 10 heteroatoms. The van der Waals surface area contributed by atoms with E-state index in [2.05, 4.69) is 54.3 Å². The molecule has 0 atom stereocenters. The highest BCUT2D eigenvalue weighted by molar-refractivity contribution is 5.99. The Labute approximate surface area is 214 Å². The Morgan fingerprint density at radius 3 is 2.70 bits per heavy atom. The van der Waals surface area contributed by atoms with Crippen LogP contribution in [-0.4, -0.2) is 72.4 Å². The fourth-order valence-electron chi connectivity index (χ4n) is 4.26. The monoisotopic (exact) mass is 499 g/mol. The highest BCUT2D eigenvalue weighted by Gasteiger charge is 2.17. The Bertz CT molecular complexity index is 1380. The number of carbonyl (C=O) groups excluding carboxylic acids is 1. The third-order valence-corrected chi connectivity index (χ3v) is 6.27. The van der Waals surface area contributed by atoms with Gasteiger partial charge in [0.1, 0.15) is 5.52 Å². The number of aromatic nitrogens is 3. The topological polar surface area (TPSA) is 109 Å². The summed E-state index contributed by atoms with van der Waals surface area (Å²) in [5.74, 6) is 0.645. The van der Waals surface area contributed by atoms with Crippen LogP contribution in [0, 0.1) is 0 Å². The molecule has 10 nitrogen and oxygen atoms in total. The highest BCUT2D eigenvalue weighted by Crippen LogP contribution is 2.30. The smallest absolute Gasteiger partial charge is 0.247 e. The van der Waals surface area contributed by atoms with Crippen LogP contribution in [0.2, 0.25) is 0 Å². The molecular formula is C27H29N7O3. The fraction of sp³-hybridized carbons (Fsp3) is 0.259. The van der Waals surface area contributed by atoms with E-state index in [-0.39, 0.29) is 5.91 Å². The molecule has 4 aromatic rings. The number of rotatable bonds is 9. The van der Waals surface area contributed by atoms with Crippen molar-refractivity contribution >= 4 is 40.0 Å². The third-order valence-electron chi connectivity index (χ3n) is 6.27. The number of benzene rings is 2. The Balaban J connectivity index is 1.28. The summed E-state index contributed by atoms with van der Waals surface area (Å²) in [5.41, 5.74) is 4.55. The van der Waals surface area contributed by atoms with E-state index in [1.807, 2.05) is 24.3 Å². The number of amides is 1. The van der Waals surface area contributed by atoms with E-state index < -0.39 is 0 Å². The van der Waals surface area contributed by atoms with Crippen LogP contribution in [0.3, 0.4) is 0 Å². The van der Waals surface area contributed by atoms with Gasteiger partial charge in [-0.15, -0.1) is 0 Å². The second-order valence-electron chi connectivity index (χ2n) is 8.71. The maximum Gasteiger partial charge on any atom is 0.247 e. The van der Waals surface area contributed by atoms with Crippen molar-refractivity contribution in [3.8, 4) is 11.3 Å². The first kappa shape index (κ1) is 24.4. The van der Waals surface area contributed by atoms with Gasteiger partial charge in [-0.2, -0.15) is 0 Å². The van der Waals surface area contributed by atoms with Crippen molar-refractivity contribution < 1.29 is 14.1 Å². The molecule has 0 bridgehead atoms. The van der Waals surface area contributed by atoms with E-state index in [1.165, 1.54) is 11.8 Å². The predicted molar refractivity (Wildman–Crippen MR) is 144 cm³/mol. The minimum absolute atomic E-state index is 0.288. The van der Waals surface area contributed by atoms with Crippen LogP contribution >= 0.6 is 0 Å². The number of hydrogen-bond donors (Lipinski definition) is 2. The minimum atomic E-state index is -0.288. The fourth-order valence-corrected chi connectivity index (χ4v) is 4.26. The number of piperazine rings is 1. The summed E-state index contributed by atoms with van der Waals surface area (Å²) in [6.45, 7) is 9.27. The first-order valence-corrected chi connectivity index (χ1v) is 12.1. The molecule has 0 saturated carbocycles. The van der Waals surface area contributed by atoms with E-state index in [9.17, 15) is 4.79 Å². The molecule has 0 unspecified atom stereocenters. The zero-order valence-corrected chi connectivity index (χ0v) is 20.7. The summed E-state index contributed by atoms with van der Waals surface area (Å²) in [6.07, 6.45) is 2.84. The van der Waals surface area contributed by atoms with Crippen LogP contribution in [0.25, 0.3) is 22.4 Å². The molecule has 3 heterocycles. The molecule has 1 aliphatic heterocycles. The summed E-state index contributed by atoms with van der Waals surface area (Å²) in [5, 5.41) is 10.1. The quantitative estimate of drug-likeness (QED) is 0.331. The molecule has 37 heavy (non-hydrogen) atoms. The summed E-state index contributed by atoms with van der Waals surface area (Å²) < 4.78 is 10.8. The Morgan fingerprint density at radius 1 is 1.14 bits per heavy atom. The summed E-state index contributed by atoms with van der Waals surface area (Å²) in [4.78, 5) is 25.5. The van der Waals surface area contributed by atoms with Gasteiger partial charge in [0.25, 0.3) is 0 Å². The molecule has 0 radical (unpaired) electrons. The maximum atomic E-state index is 11.7. The normalized spacial score (nSPS) is 14.0. The lowest BCUT2D eigenvalue weighted by atomic mass is 10.1. The van der Waals surface area contributed by atoms with E-state index in [1.54, 1.807) is 25.4 Å². The van der Waals surface area contributed by atoms with Gasteiger partial charge in [-0.1, -0.05) is 23.9 Å². The van der Waals surface area contributed by atoms with Gasteiger partial charge in [-0.05, 0) is 42.5 Å². The van der Waals surface area contributed by atoms with Crippen LogP contribution < -0.4 is 15.5 Å². The van der Waals surface area contributed by atoms with E-state index >= 15 is 0 Å². The lowest BCUT2D eigenvalue weighted by Crippen LogP contribution is -2.47. The predicted octanol–water partition coefficient (Wildman–Crippen LogP) is 3.92. The summed E-state index contributed by atoms with van der Waals surface area (Å²) in [7, 11) is 1.74. The Kier molecular flexibility index (Phi) is 7.38. The highest BCUT2D eigenvalue weighted by atomic mass is 16.5. The molecule has 1 amide bonds. The largest absolute Gasteiger partial charge is 0.383 e. The SMILES string of the molecule is C=CC(=O)Nc1cccc(-c2onc3cnc(Nc4ccc(N5CCN(CCOC)CC5)cc4)nc23)c1. The standard InChI is InChI=1S/C27H29N7O3/c1-3-24(35)29-21-6-4-5-19(17-21)26-25-23(32-37-26)18-28-27(31-25)30-20-7-9-22(10-8-20)34-13-11-33(12-14-34)15-16-36-2/h3-10,17-18H,1,11-16H2,2H3,(H,29,35)(H,30,31). The third kappa shape index (κ3) is 5.76. The van der Waals surface area contributed by atoms with Gasteiger partial charge in [0.15, 0.2) is 11.3 Å². The van der Waals surface area contributed by atoms with Crippen molar-refractivity contribution in [3.63, 3.8) is 0 Å². The second kappa shape index (κ2) is 11.2. The Hall–Kier alpha value is -4.28. The number of methoxy groups -OCH3 is 1. The second-order valence-corrected chi connectivity index (χ2v) is 8.71. The van der Waals surface area contributed by atoms with Crippen molar-refractivity contribution in [2.75, 3.05) is 62.0 Å².